The zero-order valence-corrected chi connectivity index (χ0v) is 10.0. The molecule has 0 unspecified atom stereocenters. The fourth-order valence-electron chi connectivity index (χ4n) is 1.36. The molecule has 0 aliphatic carbocycles. The molecule has 9 nitrogen and oxygen atoms in total. The Hall–Kier alpha value is -2.45. The first-order chi connectivity index (χ1) is 8.99. The summed E-state index contributed by atoms with van der Waals surface area (Å²) in [5, 5.41) is 23.4. The number of hydrogen-bond acceptors (Lipinski definition) is 5. The zero-order valence-electron chi connectivity index (χ0n) is 10.0. The molecule has 1 aromatic heterocycles. The van der Waals surface area contributed by atoms with Gasteiger partial charge in [-0.2, -0.15) is 5.10 Å². The van der Waals surface area contributed by atoms with E-state index in [9.17, 15) is 14.4 Å². The third-order valence-electron chi connectivity index (χ3n) is 2.31. The third-order valence-corrected chi connectivity index (χ3v) is 2.31. The molecule has 1 atom stereocenters. The first-order valence-electron chi connectivity index (χ1n) is 5.55. The molecule has 0 radical (unpaired) electrons. The molecule has 0 saturated carbocycles. The maximum absolute atomic E-state index is 11.5. The van der Waals surface area contributed by atoms with Gasteiger partial charge in [0, 0.05) is 12.8 Å². The molecule has 0 aliphatic rings. The number of nitrogens with zero attached hydrogens (tertiary/aromatic N) is 3. The lowest BCUT2D eigenvalue weighted by atomic mass is 10.1. The van der Waals surface area contributed by atoms with Crippen LogP contribution in [0.3, 0.4) is 0 Å². The van der Waals surface area contributed by atoms with Gasteiger partial charge in [0.25, 0.3) is 0 Å². The second-order valence-electron chi connectivity index (χ2n) is 3.80. The lowest BCUT2D eigenvalue weighted by molar-refractivity contribution is -0.143. The Morgan fingerprint density at radius 2 is 2.00 bits per heavy atom. The smallest absolute Gasteiger partial charge is 0.326 e. The summed E-state index contributed by atoms with van der Waals surface area (Å²) in [4.78, 5) is 36.4. The van der Waals surface area contributed by atoms with Crippen LogP contribution in [-0.2, 0) is 20.9 Å². The van der Waals surface area contributed by atoms with Crippen molar-refractivity contribution < 1.29 is 24.6 Å². The van der Waals surface area contributed by atoms with Crippen LogP contribution in [0.15, 0.2) is 12.7 Å². The van der Waals surface area contributed by atoms with Gasteiger partial charge in [-0.3, -0.25) is 14.3 Å². The molecular weight excluding hydrogens is 256 g/mol. The topological polar surface area (TPSA) is 134 Å². The quantitative estimate of drug-likeness (QED) is 0.557. The van der Waals surface area contributed by atoms with Gasteiger partial charge in [0.1, 0.15) is 18.7 Å². The van der Waals surface area contributed by atoms with E-state index in [-0.39, 0.29) is 25.8 Å². The average molecular weight is 270 g/mol. The van der Waals surface area contributed by atoms with Crippen LogP contribution in [0.25, 0.3) is 0 Å². The number of amides is 1. The number of nitrogens with one attached hydrogen (secondary N) is 1. The summed E-state index contributed by atoms with van der Waals surface area (Å²) in [6.45, 7) is 0.275. The SMILES string of the molecule is O=C(O)CC[C@H](NC(=O)CCn1cncn1)C(=O)O. The maximum atomic E-state index is 11.5. The molecule has 0 fully saturated rings. The highest BCUT2D eigenvalue weighted by Gasteiger charge is 2.20. The molecule has 0 bridgehead atoms. The van der Waals surface area contributed by atoms with Gasteiger partial charge in [-0.05, 0) is 6.42 Å². The molecule has 9 heteroatoms. The van der Waals surface area contributed by atoms with Crippen molar-refractivity contribution in [3.63, 3.8) is 0 Å². The van der Waals surface area contributed by atoms with Crippen molar-refractivity contribution in [2.45, 2.75) is 31.8 Å². The van der Waals surface area contributed by atoms with Gasteiger partial charge in [0.15, 0.2) is 0 Å². The molecular formula is C10H14N4O5. The Morgan fingerprint density at radius 1 is 1.26 bits per heavy atom. The molecule has 1 rings (SSSR count). The van der Waals surface area contributed by atoms with E-state index in [1.807, 2.05) is 0 Å². The highest BCUT2D eigenvalue weighted by Crippen LogP contribution is 1.99. The molecule has 0 spiro atoms. The van der Waals surface area contributed by atoms with Gasteiger partial charge in [-0.25, -0.2) is 9.78 Å². The van der Waals surface area contributed by atoms with Gasteiger partial charge in [-0.15, -0.1) is 0 Å². The summed E-state index contributed by atoms with van der Waals surface area (Å²) >= 11 is 0. The number of aromatic nitrogens is 3. The lowest BCUT2D eigenvalue weighted by Gasteiger charge is -2.13. The molecule has 1 heterocycles. The van der Waals surface area contributed by atoms with Crippen LogP contribution < -0.4 is 5.32 Å². The van der Waals surface area contributed by atoms with E-state index in [1.54, 1.807) is 0 Å². The lowest BCUT2D eigenvalue weighted by Crippen LogP contribution is -2.41. The maximum Gasteiger partial charge on any atom is 0.326 e. The minimum absolute atomic E-state index is 0.0419. The van der Waals surface area contributed by atoms with Crippen molar-refractivity contribution in [3.05, 3.63) is 12.7 Å². The number of aryl methyl sites for hydroxylation is 1. The van der Waals surface area contributed by atoms with Gasteiger partial charge < -0.3 is 15.5 Å². The fraction of sp³-hybridized carbons (Fsp3) is 0.500. The molecule has 3 N–H and O–H groups in total. The number of carbonyl (C=O) groups excluding carboxylic acids is 1. The zero-order chi connectivity index (χ0) is 14.3. The van der Waals surface area contributed by atoms with E-state index in [2.05, 4.69) is 15.4 Å². The summed E-state index contributed by atoms with van der Waals surface area (Å²) in [6.07, 6.45) is 2.33. The van der Waals surface area contributed by atoms with Gasteiger partial charge in [0.05, 0.1) is 6.54 Å². The minimum atomic E-state index is -1.25. The summed E-state index contributed by atoms with van der Waals surface area (Å²) in [7, 11) is 0. The summed E-state index contributed by atoms with van der Waals surface area (Å²) in [6, 6.07) is -1.20. The minimum Gasteiger partial charge on any atom is -0.481 e. The molecule has 0 aliphatic heterocycles. The van der Waals surface area contributed by atoms with Crippen LogP contribution in [0.1, 0.15) is 19.3 Å². The molecule has 0 saturated heterocycles. The van der Waals surface area contributed by atoms with Gasteiger partial charge in [-0.1, -0.05) is 0 Å². The monoisotopic (exact) mass is 270 g/mol. The number of carbonyl (C=O) groups is 3. The summed E-state index contributed by atoms with van der Waals surface area (Å²) in [5.41, 5.74) is 0. The van der Waals surface area contributed by atoms with Crippen molar-refractivity contribution >= 4 is 17.8 Å². The third kappa shape index (κ3) is 5.61. The molecule has 104 valence electrons. The second-order valence-corrected chi connectivity index (χ2v) is 3.80. The van der Waals surface area contributed by atoms with Crippen molar-refractivity contribution in [1.29, 1.82) is 0 Å². The van der Waals surface area contributed by atoms with E-state index in [0.717, 1.165) is 0 Å². The van der Waals surface area contributed by atoms with E-state index in [4.69, 9.17) is 10.2 Å². The van der Waals surface area contributed by atoms with Crippen LogP contribution >= 0.6 is 0 Å². The predicted octanol–water partition coefficient (Wildman–Crippen LogP) is -0.898. The van der Waals surface area contributed by atoms with Crippen LogP contribution in [0.5, 0.6) is 0 Å². The Kier molecular flexibility index (Phi) is 5.45. The fourth-order valence-corrected chi connectivity index (χ4v) is 1.36. The van der Waals surface area contributed by atoms with Crippen molar-refractivity contribution in [1.82, 2.24) is 20.1 Å². The molecule has 0 aromatic carbocycles. The number of carboxylic acid groups (broad SMARTS) is 2. The Bertz CT molecular complexity index is 445. The van der Waals surface area contributed by atoms with Crippen LogP contribution in [0.4, 0.5) is 0 Å². The van der Waals surface area contributed by atoms with Crippen LogP contribution in [-0.4, -0.2) is 48.9 Å². The standard InChI is InChI=1S/C10H14N4O5/c15-8(3-4-14-6-11-5-12-14)13-7(10(18)19)1-2-9(16)17/h5-7H,1-4H2,(H,13,15)(H,16,17)(H,18,19)/t7-/m0/s1. The summed E-state index contributed by atoms with van der Waals surface area (Å²) < 4.78 is 1.44. The number of rotatable bonds is 8. The van der Waals surface area contributed by atoms with E-state index in [0.29, 0.717) is 0 Å². The van der Waals surface area contributed by atoms with E-state index >= 15 is 0 Å². The van der Waals surface area contributed by atoms with Gasteiger partial charge >= 0.3 is 11.9 Å². The number of hydrogen-bond donors (Lipinski definition) is 3. The van der Waals surface area contributed by atoms with Crippen molar-refractivity contribution in [2.24, 2.45) is 0 Å². The Labute approximate surface area is 108 Å². The highest BCUT2D eigenvalue weighted by molar-refractivity contribution is 5.83. The van der Waals surface area contributed by atoms with Crippen LogP contribution in [0, 0.1) is 0 Å². The predicted molar refractivity (Wildman–Crippen MR) is 61.1 cm³/mol. The number of carboxylic acids is 2. The Morgan fingerprint density at radius 3 is 2.53 bits per heavy atom. The van der Waals surface area contributed by atoms with E-state index in [1.165, 1.54) is 17.3 Å². The van der Waals surface area contributed by atoms with Crippen LogP contribution in [0.2, 0.25) is 0 Å². The molecule has 1 amide bonds. The summed E-state index contributed by atoms with van der Waals surface area (Å²) in [5.74, 6) is -2.84. The normalized spacial score (nSPS) is 11.8. The first-order valence-corrected chi connectivity index (χ1v) is 5.55. The Balaban J connectivity index is 2.38. The van der Waals surface area contributed by atoms with Crippen molar-refractivity contribution in [2.75, 3.05) is 0 Å². The van der Waals surface area contributed by atoms with E-state index < -0.39 is 23.9 Å². The largest absolute Gasteiger partial charge is 0.481 e. The molecule has 1 aromatic rings. The number of aliphatic carboxylic acids is 2. The second kappa shape index (κ2) is 7.09. The molecule has 19 heavy (non-hydrogen) atoms. The average Bonchev–Trinajstić information content (AvgIpc) is 2.84. The first kappa shape index (κ1) is 14.6. The van der Waals surface area contributed by atoms with Gasteiger partial charge in [0.2, 0.25) is 5.91 Å². The van der Waals surface area contributed by atoms with Crippen molar-refractivity contribution in [3.8, 4) is 0 Å². The highest BCUT2D eigenvalue weighted by atomic mass is 16.4.